The minimum absolute atomic E-state index is 0.0889. The highest BCUT2D eigenvalue weighted by Crippen LogP contribution is 2.31. The summed E-state index contributed by atoms with van der Waals surface area (Å²) in [5, 5.41) is 8.98. The van der Waals surface area contributed by atoms with Gasteiger partial charge in [0, 0.05) is 18.6 Å². The summed E-state index contributed by atoms with van der Waals surface area (Å²) in [6.07, 6.45) is 5.41. The maximum Gasteiger partial charge on any atom is 0.323 e. The highest BCUT2D eigenvalue weighted by Gasteiger charge is 2.35. The van der Waals surface area contributed by atoms with Gasteiger partial charge in [-0.15, -0.1) is 0 Å². The molecule has 5 nitrogen and oxygen atoms in total. The minimum Gasteiger partial charge on any atom is -0.480 e. The summed E-state index contributed by atoms with van der Waals surface area (Å²) < 4.78 is 0. The number of hydrogen-bond acceptors (Lipinski definition) is 2. The maximum atomic E-state index is 12.6. The van der Waals surface area contributed by atoms with Crippen LogP contribution in [0, 0.1) is 5.92 Å². The Balaban J connectivity index is 2.05. The topological polar surface area (TPSA) is 60.9 Å². The van der Waals surface area contributed by atoms with E-state index in [-0.39, 0.29) is 24.7 Å². The third-order valence-corrected chi connectivity index (χ3v) is 4.19. The molecular formula is C14H24N2O3. The first-order chi connectivity index (χ1) is 8.99. The Morgan fingerprint density at radius 1 is 1.16 bits per heavy atom. The van der Waals surface area contributed by atoms with Crippen molar-refractivity contribution in [3.05, 3.63) is 0 Å². The highest BCUT2D eigenvalue weighted by molar-refractivity contribution is 5.80. The molecular weight excluding hydrogens is 244 g/mol. The molecule has 19 heavy (non-hydrogen) atoms. The lowest BCUT2D eigenvalue weighted by Crippen LogP contribution is -2.54. The maximum absolute atomic E-state index is 12.6. The average molecular weight is 268 g/mol. The van der Waals surface area contributed by atoms with E-state index in [1.807, 2.05) is 4.90 Å². The van der Waals surface area contributed by atoms with Crippen LogP contribution in [-0.4, -0.2) is 52.1 Å². The first-order valence-electron chi connectivity index (χ1n) is 7.28. The Labute approximate surface area is 114 Å². The number of urea groups is 1. The van der Waals surface area contributed by atoms with Gasteiger partial charge in [-0.1, -0.05) is 0 Å². The lowest BCUT2D eigenvalue weighted by Gasteiger charge is -2.41. The standard InChI is InChI=1S/C14H24N2O3/c1-10-4-3-5-11(2)16(10)14(19)15(9-13(17)18)8-12-6-7-12/h10-12H,3-9H2,1-2H3,(H,17,18). The van der Waals surface area contributed by atoms with Crippen molar-refractivity contribution in [1.82, 2.24) is 9.80 Å². The van der Waals surface area contributed by atoms with Gasteiger partial charge in [-0.25, -0.2) is 4.79 Å². The number of aliphatic carboxylic acids is 1. The van der Waals surface area contributed by atoms with E-state index in [0.29, 0.717) is 12.5 Å². The molecule has 2 aliphatic rings. The molecule has 1 aliphatic carbocycles. The fourth-order valence-corrected chi connectivity index (χ4v) is 2.95. The van der Waals surface area contributed by atoms with Crippen molar-refractivity contribution >= 4 is 12.0 Å². The summed E-state index contributed by atoms with van der Waals surface area (Å²) in [5.74, 6) is -0.412. The normalized spacial score (nSPS) is 27.2. The molecule has 1 saturated heterocycles. The van der Waals surface area contributed by atoms with Gasteiger partial charge >= 0.3 is 12.0 Å². The first kappa shape index (κ1) is 14.2. The number of nitrogens with zero attached hydrogens (tertiary/aromatic N) is 2. The number of hydrogen-bond donors (Lipinski definition) is 1. The van der Waals surface area contributed by atoms with E-state index in [1.54, 1.807) is 0 Å². The summed E-state index contributed by atoms with van der Waals surface area (Å²) in [4.78, 5) is 27.0. The van der Waals surface area contributed by atoms with Gasteiger partial charge in [0.15, 0.2) is 0 Å². The van der Waals surface area contributed by atoms with Crippen molar-refractivity contribution in [2.24, 2.45) is 5.92 Å². The molecule has 2 rings (SSSR count). The van der Waals surface area contributed by atoms with Crippen LogP contribution in [0.1, 0.15) is 46.0 Å². The zero-order valence-electron chi connectivity index (χ0n) is 11.8. The second kappa shape index (κ2) is 5.80. The van der Waals surface area contributed by atoms with Gasteiger partial charge in [0.2, 0.25) is 0 Å². The molecule has 0 aromatic heterocycles. The van der Waals surface area contributed by atoms with Crippen LogP contribution in [0.25, 0.3) is 0 Å². The van der Waals surface area contributed by atoms with E-state index < -0.39 is 5.97 Å². The lowest BCUT2D eigenvalue weighted by molar-refractivity contribution is -0.137. The van der Waals surface area contributed by atoms with Crippen LogP contribution in [0.3, 0.4) is 0 Å². The second-order valence-electron chi connectivity index (χ2n) is 6.04. The predicted molar refractivity (Wildman–Crippen MR) is 71.9 cm³/mol. The highest BCUT2D eigenvalue weighted by atomic mass is 16.4. The third kappa shape index (κ3) is 3.61. The Bertz CT molecular complexity index is 345. The Hall–Kier alpha value is -1.26. The first-order valence-corrected chi connectivity index (χ1v) is 7.28. The predicted octanol–water partition coefficient (Wildman–Crippen LogP) is 2.17. The van der Waals surface area contributed by atoms with Crippen molar-refractivity contribution in [3.63, 3.8) is 0 Å². The van der Waals surface area contributed by atoms with E-state index in [9.17, 15) is 9.59 Å². The number of carbonyl (C=O) groups excluding carboxylic acids is 1. The van der Waals surface area contributed by atoms with Gasteiger partial charge < -0.3 is 14.9 Å². The number of rotatable bonds is 4. The van der Waals surface area contributed by atoms with Gasteiger partial charge in [-0.05, 0) is 51.9 Å². The molecule has 0 aromatic rings. The van der Waals surface area contributed by atoms with Gasteiger partial charge in [0.1, 0.15) is 6.54 Å². The molecule has 2 atom stereocenters. The van der Waals surface area contributed by atoms with Gasteiger partial charge in [0.25, 0.3) is 0 Å². The summed E-state index contributed by atoms with van der Waals surface area (Å²) in [5.41, 5.74) is 0. The van der Waals surface area contributed by atoms with Crippen molar-refractivity contribution in [2.45, 2.75) is 58.0 Å². The number of carbonyl (C=O) groups is 2. The fourth-order valence-electron chi connectivity index (χ4n) is 2.95. The summed E-state index contributed by atoms with van der Waals surface area (Å²) in [6.45, 7) is 4.54. The van der Waals surface area contributed by atoms with Crippen LogP contribution in [-0.2, 0) is 4.79 Å². The van der Waals surface area contributed by atoms with Crippen molar-refractivity contribution < 1.29 is 14.7 Å². The molecule has 1 aliphatic heterocycles. The smallest absolute Gasteiger partial charge is 0.323 e. The Morgan fingerprint density at radius 3 is 2.21 bits per heavy atom. The molecule has 0 bridgehead atoms. The molecule has 2 unspecified atom stereocenters. The minimum atomic E-state index is -0.925. The van der Waals surface area contributed by atoms with E-state index in [2.05, 4.69) is 13.8 Å². The van der Waals surface area contributed by atoms with E-state index >= 15 is 0 Å². The second-order valence-corrected chi connectivity index (χ2v) is 6.04. The molecule has 0 spiro atoms. The van der Waals surface area contributed by atoms with Crippen molar-refractivity contribution in [1.29, 1.82) is 0 Å². The molecule has 1 N–H and O–H groups in total. The SMILES string of the molecule is CC1CCCC(C)N1C(=O)N(CC(=O)O)CC1CC1. The third-order valence-electron chi connectivity index (χ3n) is 4.19. The van der Waals surface area contributed by atoms with Gasteiger partial charge in [-0.3, -0.25) is 4.79 Å². The van der Waals surface area contributed by atoms with Gasteiger partial charge in [0.05, 0.1) is 0 Å². The van der Waals surface area contributed by atoms with Crippen LogP contribution in [0.5, 0.6) is 0 Å². The fraction of sp³-hybridized carbons (Fsp3) is 0.857. The molecule has 1 saturated carbocycles. The van der Waals surface area contributed by atoms with Crippen molar-refractivity contribution in [3.8, 4) is 0 Å². The largest absolute Gasteiger partial charge is 0.480 e. The summed E-state index contributed by atoms with van der Waals surface area (Å²) in [7, 11) is 0. The quantitative estimate of drug-likeness (QED) is 0.850. The number of carboxylic acids is 1. The zero-order valence-corrected chi connectivity index (χ0v) is 11.8. The van der Waals surface area contributed by atoms with Crippen LogP contribution in [0.4, 0.5) is 4.79 Å². The molecule has 5 heteroatoms. The van der Waals surface area contributed by atoms with Gasteiger partial charge in [-0.2, -0.15) is 0 Å². The van der Waals surface area contributed by atoms with E-state index in [0.717, 1.165) is 32.1 Å². The van der Waals surface area contributed by atoms with Crippen LogP contribution in [0.15, 0.2) is 0 Å². The number of amides is 2. The van der Waals surface area contributed by atoms with E-state index in [4.69, 9.17) is 5.11 Å². The molecule has 108 valence electrons. The lowest BCUT2D eigenvalue weighted by atomic mass is 9.98. The number of carboxylic acid groups (broad SMARTS) is 1. The molecule has 1 heterocycles. The van der Waals surface area contributed by atoms with Crippen LogP contribution < -0.4 is 0 Å². The monoisotopic (exact) mass is 268 g/mol. The Kier molecular flexibility index (Phi) is 4.32. The number of likely N-dealkylation sites (tertiary alicyclic amines) is 1. The number of piperidine rings is 1. The zero-order chi connectivity index (χ0) is 14.0. The van der Waals surface area contributed by atoms with Crippen molar-refractivity contribution in [2.75, 3.05) is 13.1 Å². The molecule has 0 radical (unpaired) electrons. The summed E-state index contributed by atoms with van der Waals surface area (Å²) >= 11 is 0. The Morgan fingerprint density at radius 2 is 1.74 bits per heavy atom. The van der Waals surface area contributed by atoms with Crippen LogP contribution in [0.2, 0.25) is 0 Å². The molecule has 2 amide bonds. The average Bonchev–Trinajstić information content (AvgIpc) is 3.11. The van der Waals surface area contributed by atoms with Crippen LogP contribution >= 0.6 is 0 Å². The summed E-state index contributed by atoms with van der Waals surface area (Å²) in [6, 6.07) is 0.340. The van der Waals surface area contributed by atoms with E-state index in [1.165, 1.54) is 4.90 Å². The molecule has 0 aromatic carbocycles. The molecule has 2 fully saturated rings.